The van der Waals surface area contributed by atoms with Gasteiger partial charge in [0.15, 0.2) is 0 Å². The molecule has 1 amide bonds. The van der Waals surface area contributed by atoms with Crippen molar-refractivity contribution in [1.82, 2.24) is 10.2 Å². The number of halogens is 1. The van der Waals surface area contributed by atoms with Gasteiger partial charge in [-0.15, -0.1) is 0 Å². The molecule has 1 unspecified atom stereocenters. The van der Waals surface area contributed by atoms with Gasteiger partial charge in [-0.2, -0.15) is 0 Å². The predicted molar refractivity (Wildman–Crippen MR) is 72.3 cm³/mol. The van der Waals surface area contributed by atoms with E-state index in [1.807, 2.05) is 7.05 Å². The van der Waals surface area contributed by atoms with Crippen LogP contribution in [0.2, 0.25) is 0 Å². The summed E-state index contributed by atoms with van der Waals surface area (Å²) in [4.78, 5) is 13.2. The van der Waals surface area contributed by atoms with Gasteiger partial charge in [-0.05, 0) is 44.6 Å². The van der Waals surface area contributed by atoms with Crippen LogP contribution < -0.4 is 11.1 Å². The van der Waals surface area contributed by atoms with Gasteiger partial charge in [0.2, 0.25) is 5.91 Å². The van der Waals surface area contributed by atoms with Crippen LogP contribution in [0.25, 0.3) is 0 Å². The third-order valence-corrected chi connectivity index (χ3v) is 3.46. The Morgan fingerprint density at radius 3 is 3.00 bits per heavy atom. The van der Waals surface area contributed by atoms with E-state index in [9.17, 15) is 9.18 Å². The topological polar surface area (TPSA) is 58.4 Å². The van der Waals surface area contributed by atoms with E-state index in [1.165, 1.54) is 24.6 Å². The monoisotopic (exact) mass is 265 g/mol. The Labute approximate surface area is 112 Å². The van der Waals surface area contributed by atoms with Crippen LogP contribution in [0, 0.1) is 5.82 Å². The molecule has 1 aliphatic rings. The third kappa shape index (κ3) is 3.75. The number of hydrogen-bond acceptors (Lipinski definition) is 3. The van der Waals surface area contributed by atoms with Gasteiger partial charge in [-0.25, -0.2) is 4.39 Å². The fraction of sp³-hybridized carbons (Fsp3) is 0.500. The molecule has 0 saturated carbocycles. The van der Waals surface area contributed by atoms with Crippen molar-refractivity contribution < 1.29 is 9.18 Å². The quantitative estimate of drug-likeness (QED) is 0.838. The van der Waals surface area contributed by atoms with Gasteiger partial charge in [0, 0.05) is 30.3 Å². The Hall–Kier alpha value is -1.46. The molecule has 1 aromatic carbocycles. The lowest BCUT2D eigenvalue weighted by molar-refractivity contribution is 0.1000. The minimum atomic E-state index is -0.527. The molecule has 3 N–H and O–H groups in total. The highest BCUT2D eigenvalue weighted by molar-refractivity contribution is 5.92. The zero-order valence-corrected chi connectivity index (χ0v) is 11.2. The van der Waals surface area contributed by atoms with Crippen LogP contribution in [0.15, 0.2) is 18.2 Å². The van der Waals surface area contributed by atoms with Crippen LogP contribution in [0.4, 0.5) is 4.39 Å². The highest BCUT2D eigenvalue weighted by Gasteiger charge is 2.17. The third-order valence-electron chi connectivity index (χ3n) is 3.46. The highest BCUT2D eigenvalue weighted by Crippen LogP contribution is 2.14. The van der Waals surface area contributed by atoms with Gasteiger partial charge < -0.3 is 16.0 Å². The van der Waals surface area contributed by atoms with Gasteiger partial charge in [-0.3, -0.25) is 4.79 Å². The summed E-state index contributed by atoms with van der Waals surface area (Å²) in [5, 5.41) is 3.41. The van der Waals surface area contributed by atoms with E-state index in [0.29, 0.717) is 23.7 Å². The number of nitrogens with one attached hydrogen (secondary N) is 1. The molecule has 0 radical (unpaired) electrons. The van der Waals surface area contributed by atoms with Crippen LogP contribution in [0.5, 0.6) is 0 Å². The highest BCUT2D eigenvalue weighted by atomic mass is 19.1. The summed E-state index contributed by atoms with van der Waals surface area (Å²) >= 11 is 0. The maximum Gasteiger partial charge on any atom is 0.248 e. The van der Waals surface area contributed by atoms with E-state index in [4.69, 9.17) is 5.73 Å². The summed E-state index contributed by atoms with van der Waals surface area (Å²) in [6.45, 7) is 2.41. The van der Waals surface area contributed by atoms with Gasteiger partial charge in [0.1, 0.15) is 5.82 Å². The molecule has 1 aromatic rings. The van der Waals surface area contributed by atoms with E-state index >= 15 is 0 Å². The number of rotatable bonds is 5. The molecule has 0 spiro atoms. The number of nitrogens with two attached hydrogens (primary N) is 1. The second-order valence-corrected chi connectivity index (χ2v) is 5.16. The zero-order valence-electron chi connectivity index (χ0n) is 11.2. The first kappa shape index (κ1) is 14.0. The fourth-order valence-corrected chi connectivity index (χ4v) is 2.49. The predicted octanol–water partition coefficient (Wildman–Crippen LogP) is 1.11. The standard InChI is InChI=1S/C14H20FN3O/c1-18(9-12-3-2-6-17-12)8-11-7-10(14(16)19)4-5-13(11)15/h4-5,7,12,17H,2-3,6,8-9H2,1H3,(H2,16,19). The van der Waals surface area contributed by atoms with Crippen molar-refractivity contribution in [1.29, 1.82) is 0 Å². The Morgan fingerprint density at radius 1 is 1.58 bits per heavy atom. The van der Waals surface area contributed by atoms with Crippen molar-refractivity contribution in [3.8, 4) is 0 Å². The first-order valence-electron chi connectivity index (χ1n) is 6.56. The SMILES string of the molecule is CN(Cc1cc(C(N)=O)ccc1F)CC1CCCN1. The van der Waals surface area contributed by atoms with Crippen molar-refractivity contribution in [3.63, 3.8) is 0 Å². The Balaban J connectivity index is 2.00. The lowest BCUT2D eigenvalue weighted by Crippen LogP contribution is -2.35. The molecule has 104 valence electrons. The first-order chi connectivity index (χ1) is 9.06. The zero-order chi connectivity index (χ0) is 13.8. The summed E-state index contributed by atoms with van der Waals surface area (Å²) < 4.78 is 13.7. The molecule has 0 aromatic heterocycles. The molecule has 1 aliphatic heterocycles. The van der Waals surface area contributed by atoms with Crippen LogP contribution in [-0.4, -0.2) is 37.0 Å². The van der Waals surface area contributed by atoms with E-state index in [-0.39, 0.29) is 5.82 Å². The lowest BCUT2D eigenvalue weighted by atomic mass is 10.1. The number of carbonyl (C=O) groups excluding carboxylic acids is 1. The summed E-state index contributed by atoms with van der Waals surface area (Å²) in [5.74, 6) is -0.822. The minimum Gasteiger partial charge on any atom is -0.366 e. The molecule has 0 bridgehead atoms. The number of carbonyl (C=O) groups is 1. The molecular weight excluding hydrogens is 245 g/mol. The average Bonchev–Trinajstić information content (AvgIpc) is 2.84. The molecule has 4 nitrogen and oxygen atoms in total. The van der Waals surface area contributed by atoms with Crippen LogP contribution in [0.1, 0.15) is 28.8 Å². The summed E-state index contributed by atoms with van der Waals surface area (Å²) in [5.41, 5.74) is 6.07. The maximum absolute atomic E-state index is 13.7. The molecular formula is C14H20FN3O. The summed E-state index contributed by atoms with van der Waals surface area (Å²) in [6.07, 6.45) is 2.36. The summed E-state index contributed by atoms with van der Waals surface area (Å²) in [6, 6.07) is 4.74. The van der Waals surface area contributed by atoms with Gasteiger partial charge >= 0.3 is 0 Å². The molecule has 1 atom stereocenters. The van der Waals surface area contributed by atoms with Crippen LogP contribution >= 0.6 is 0 Å². The van der Waals surface area contributed by atoms with Crippen molar-refractivity contribution in [2.24, 2.45) is 5.73 Å². The van der Waals surface area contributed by atoms with Gasteiger partial charge in [0.05, 0.1) is 0 Å². The van der Waals surface area contributed by atoms with Gasteiger partial charge in [0.25, 0.3) is 0 Å². The number of hydrogen-bond donors (Lipinski definition) is 2. The number of primary amides is 1. The van der Waals surface area contributed by atoms with E-state index in [2.05, 4.69) is 10.2 Å². The number of nitrogens with zero attached hydrogens (tertiary/aromatic N) is 1. The average molecular weight is 265 g/mol. The minimum absolute atomic E-state index is 0.295. The molecule has 19 heavy (non-hydrogen) atoms. The maximum atomic E-state index is 13.7. The fourth-order valence-electron chi connectivity index (χ4n) is 2.49. The van der Waals surface area contributed by atoms with Crippen molar-refractivity contribution in [2.45, 2.75) is 25.4 Å². The molecule has 5 heteroatoms. The normalized spacial score (nSPS) is 19.0. The van der Waals surface area contributed by atoms with Gasteiger partial charge in [-0.1, -0.05) is 0 Å². The molecule has 1 saturated heterocycles. The molecule has 2 rings (SSSR count). The number of likely N-dealkylation sites (N-methyl/N-ethyl adjacent to an activating group) is 1. The number of benzene rings is 1. The van der Waals surface area contributed by atoms with Crippen molar-refractivity contribution in [2.75, 3.05) is 20.1 Å². The van der Waals surface area contributed by atoms with Crippen LogP contribution in [0.3, 0.4) is 0 Å². The van der Waals surface area contributed by atoms with Crippen molar-refractivity contribution >= 4 is 5.91 Å². The lowest BCUT2D eigenvalue weighted by Gasteiger charge is -2.21. The molecule has 1 heterocycles. The number of amides is 1. The van der Waals surface area contributed by atoms with Crippen molar-refractivity contribution in [3.05, 3.63) is 35.1 Å². The summed E-state index contributed by atoms with van der Waals surface area (Å²) in [7, 11) is 1.95. The van der Waals surface area contributed by atoms with E-state index < -0.39 is 5.91 Å². The first-order valence-corrected chi connectivity index (χ1v) is 6.56. The largest absolute Gasteiger partial charge is 0.366 e. The van der Waals surface area contributed by atoms with E-state index in [1.54, 1.807) is 0 Å². The Bertz CT molecular complexity index is 458. The molecule has 0 aliphatic carbocycles. The smallest absolute Gasteiger partial charge is 0.248 e. The Morgan fingerprint density at radius 2 is 2.37 bits per heavy atom. The van der Waals surface area contributed by atoms with E-state index in [0.717, 1.165) is 19.5 Å². The van der Waals surface area contributed by atoms with Crippen LogP contribution in [-0.2, 0) is 6.54 Å². The second-order valence-electron chi connectivity index (χ2n) is 5.16. The molecule has 1 fully saturated rings. The Kier molecular flexibility index (Phi) is 4.50. The second kappa shape index (κ2) is 6.12.